The molecule has 0 spiro atoms. The number of anilines is 1. The van der Waals surface area contributed by atoms with Gasteiger partial charge < -0.3 is 4.90 Å². The first kappa shape index (κ1) is 12.5. The number of hydrogen-bond acceptors (Lipinski definition) is 5. The second kappa shape index (κ2) is 5.61. The lowest BCUT2D eigenvalue weighted by molar-refractivity contribution is 0.888. The fourth-order valence-electron chi connectivity index (χ4n) is 1.67. The Balaban J connectivity index is 2.14. The van der Waals surface area contributed by atoms with E-state index in [1.54, 1.807) is 12.3 Å². The molecule has 0 fully saturated rings. The molecule has 92 valence electrons. The van der Waals surface area contributed by atoms with Crippen molar-refractivity contribution in [3.05, 3.63) is 53.5 Å². The zero-order chi connectivity index (χ0) is 13.7. The van der Waals surface area contributed by atoms with E-state index in [4.69, 9.17) is 10.5 Å². The molecule has 5 nitrogen and oxygen atoms in total. The van der Waals surface area contributed by atoms with Crippen molar-refractivity contribution in [2.45, 2.75) is 6.54 Å². The SMILES string of the molecule is CN(Cc1cccc(C#N)c1)c1cnc(C#N)cn1. The second-order valence-electron chi connectivity index (χ2n) is 4.04. The molecule has 1 aromatic carbocycles. The van der Waals surface area contributed by atoms with Crippen molar-refractivity contribution in [3.63, 3.8) is 0 Å². The summed E-state index contributed by atoms with van der Waals surface area (Å²) in [7, 11) is 1.88. The summed E-state index contributed by atoms with van der Waals surface area (Å²) < 4.78 is 0. The summed E-state index contributed by atoms with van der Waals surface area (Å²) >= 11 is 0. The molecular weight excluding hydrogens is 238 g/mol. The number of aromatic nitrogens is 2. The van der Waals surface area contributed by atoms with E-state index >= 15 is 0 Å². The van der Waals surface area contributed by atoms with Gasteiger partial charge >= 0.3 is 0 Å². The molecule has 0 unspecified atom stereocenters. The highest BCUT2D eigenvalue weighted by Crippen LogP contribution is 2.12. The molecule has 0 saturated carbocycles. The Kier molecular flexibility index (Phi) is 3.70. The summed E-state index contributed by atoms with van der Waals surface area (Å²) in [6, 6.07) is 11.5. The molecule has 0 amide bonds. The van der Waals surface area contributed by atoms with Gasteiger partial charge in [0.2, 0.25) is 0 Å². The minimum absolute atomic E-state index is 0.295. The Morgan fingerprint density at radius 3 is 2.63 bits per heavy atom. The van der Waals surface area contributed by atoms with E-state index in [0.717, 1.165) is 5.56 Å². The van der Waals surface area contributed by atoms with Crippen LogP contribution in [0, 0.1) is 22.7 Å². The van der Waals surface area contributed by atoms with Crippen molar-refractivity contribution in [2.75, 3.05) is 11.9 Å². The van der Waals surface area contributed by atoms with Crippen molar-refractivity contribution in [3.8, 4) is 12.1 Å². The number of hydrogen-bond donors (Lipinski definition) is 0. The molecule has 0 N–H and O–H groups in total. The molecule has 0 aliphatic rings. The van der Waals surface area contributed by atoms with Gasteiger partial charge in [0.05, 0.1) is 24.0 Å². The summed E-state index contributed by atoms with van der Waals surface area (Å²) in [5, 5.41) is 17.5. The second-order valence-corrected chi connectivity index (χ2v) is 4.04. The highest BCUT2D eigenvalue weighted by atomic mass is 15.2. The topological polar surface area (TPSA) is 76.6 Å². The van der Waals surface area contributed by atoms with E-state index in [0.29, 0.717) is 23.6 Å². The Morgan fingerprint density at radius 1 is 1.16 bits per heavy atom. The summed E-state index contributed by atoms with van der Waals surface area (Å²) in [6.07, 6.45) is 3.00. The van der Waals surface area contributed by atoms with Gasteiger partial charge in [0.1, 0.15) is 11.9 Å². The number of benzene rings is 1. The number of rotatable bonds is 3. The smallest absolute Gasteiger partial charge is 0.158 e. The highest BCUT2D eigenvalue weighted by Gasteiger charge is 2.05. The molecule has 0 saturated heterocycles. The van der Waals surface area contributed by atoms with Crippen molar-refractivity contribution in [1.82, 2.24) is 9.97 Å². The first-order chi connectivity index (χ1) is 9.22. The van der Waals surface area contributed by atoms with Crippen molar-refractivity contribution in [1.29, 1.82) is 10.5 Å². The Morgan fingerprint density at radius 2 is 2.00 bits per heavy atom. The maximum Gasteiger partial charge on any atom is 0.158 e. The molecule has 0 aliphatic heterocycles. The van der Waals surface area contributed by atoms with Gasteiger partial charge in [-0.2, -0.15) is 10.5 Å². The third-order valence-corrected chi connectivity index (χ3v) is 2.62. The van der Waals surface area contributed by atoms with Gasteiger partial charge in [0.15, 0.2) is 5.69 Å². The highest BCUT2D eigenvalue weighted by molar-refractivity contribution is 5.39. The summed E-state index contributed by atoms with van der Waals surface area (Å²) in [6.45, 7) is 0.621. The van der Waals surface area contributed by atoms with Crippen molar-refractivity contribution >= 4 is 5.82 Å². The molecular formula is C14H11N5. The quantitative estimate of drug-likeness (QED) is 0.829. The van der Waals surface area contributed by atoms with Gasteiger partial charge in [-0.25, -0.2) is 9.97 Å². The normalized spacial score (nSPS) is 9.42. The molecule has 0 aliphatic carbocycles. The van der Waals surface area contributed by atoms with Crippen LogP contribution in [0.5, 0.6) is 0 Å². The number of nitrogens with zero attached hydrogens (tertiary/aromatic N) is 5. The molecule has 19 heavy (non-hydrogen) atoms. The number of nitriles is 2. The van der Waals surface area contributed by atoms with Crippen LogP contribution in [0.3, 0.4) is 0 Å². The summed E-state index contributed by atoms with van der Waals surface area (Å²) in [5.74, 6) is 0.682. The van der Waals surface area contributed by atoms with Gasteiger partial charge in [0, 0.05) is 13.6 Å². The van der Waals surface area contributed by atoms with Crippen LogP contribution in [-0.2, 0) is 6.54 Å². The average Bonchev–Trinajstić information content (AvgIpc) is 2.47. The molecule has 1 heterocycles. The molecule has 0 atom stereocenters. The summed E-state index contributed by atoms with van der Waals surface area (Å²) in [4.78, 5) is 10.0. The van der Waals surface area contributed by atoms with Gasteiger partial charge in [0.25, 0.3) is 0 Å². The average molecular weight is 249 g/mol. The van der Waals surface area contributed by atoms with Gasteiger partial charge in [-0.15, -0.1) is 0 Å². The monoisotopic (exact) mass is 249 g/mol. The predicted octanol–water partition coefficient (Wildman–Crippen LogP) is 1.86. The molecule has 5 heteroatoms. The zero-order valence-electron chi connectivity index (χ0n) is 10.4. The van der Waals surface area contributed by atoms with Crippen molar-refractivity contribution in [2.24, 2.45) is 0 Å². The maximum atomic E-state index is 8.85. The van der Waals surface area contributed by atoms with E-state index < -0.39 is 0 Å². The van der Waals surface area contributed by atoms with Crippen LogP contribution >= 0.6 is 0 Å². The lowest BCUT2D eigenvalue weighted by Crippen LogP contribution is -2.18. The van der Waals surface area contributed by atoms with E-state index in [9.17, 15) is 0 Å². The van der Waals surface area contributed by atoms with Gasteiger partial charge in [-0.3, -0.25) is 0 Å². The van der Waals surface area contributed by atoms with E-state index in [-0.39, 0.29) is 0 Å². The zero-order valence-corrected chi connectivity index (χ0v) is 10.4. The summed E-state index contributed by atoms with van der Waals surface area (Å²) in [5.41, 5.74) is 1.95. The third kappa shape index (κ3) is 3.05. The fraction of sp³-hybridized carbons (Fsp3) is 0.143. The standard InChI is InChI=1S/C14H11N5/c1-19(14-9-17-13(7-16)8-18-14)10-12-4-2-3-11(5-12)6-15/h2-5,8-9H,10H2,1H3. The van der Waals surface area contributed by atoms with E-state index in [1.807, 2.05) is 36.2 Å². The lowest BCUT2D eigenvalue weighted by Gasteiger charge is -2.17. The van der Waals surface area contributed by atoms with Crippen LogP contribution in [-0.4, -0.2) is 17.0 Å². The van der Waals surface area contributed by atoms with Crippen molar-refractivity contribution < 1.29 is 0 Å². The van der Waals surface area contributed by atoms with Gasteiger partial charge in [-0.05, 0) is 17.7 Å². The molecule has 2 rings (SSSR count). The Labute approximate surface area is 111 Å². The van der Waals surface area contributed by atoms with Gasteiger partial charge in [-0.1, -0.05) is 12.1 Å². The minimum Gasteiger partial charge on any atom is -0.354 e. The molecule has 0 bridgehead atoms. The maximum absolute atomic E-state index is 8.85. The first-order valence-corrected chi connectivity index (χ1v) is 5.65. The lowest BCUT2D eigenvalue weighted by atomic mass is 10.1. The predicted molar refractivity (Wildman–Crippen MR) is 70.0 cm³/mol. The minimum atomic E-state index is 0.295. The van der Waals surface area contributed by atoms with Crippen LogP contribution in [0.15, 0.2) is 36.7 Å². The van der Waals surface area contributed by atoms with Crippen LogP contribution in [0.1, 0.15) is 16.8 Å². The van der Waals surface area contributed by atoms with E-state index in [2.05, 4.69) is 16.0 Å². The largest absolute Gasteiger partial charge is 0.354 e. The van der Waals surface area contributed by atoms with Crippen LogP contribution in [0.4, 0.5) is 5.82 Å². The molecule has 2 aromatic rings. The third-order valence-electron chi connectivity index (χ3n) is 2.62. The van der Waals surface area contributed by atoms with Crippen LogP contribution in [0.25, 0.3) is 0 Å². The Hall–Kier alpha value is -2.92. The Bertz CT molecular complexity index is 649. The molecule has 0 radical (unpaired) electrons. The first-order valence-electron chi connectivity index (χ1n) is 5.65. The van der Waals surface area contributed by atoms with Crippen LogP contribution < -0.4 is 4.90 Å². The fourth-order valence-corrected chi connectivity index (χ4v) is 1.67. The van der Waals surface area contributed by atoms with Crippen LogP contribution in [0.2, 0.25) is 0 Å². The molecule has 1 aromatic heterocycles. The van der Waals surface area contributed by atoms with E-state index in [1.165, 1.54) is 6.20 Å².